The van der Waals surface area contributed by atoms with Gasteiger partial charge in [0.25, 0.3) is 17.3 Å². The summed E-state index contributed by atoms with van der Waals surface area (Å²) in [6, 6.07) is 6.34. The van der Waals surface area contributed by atoms with Crippen molar-refractivity contribution in [3.63, 3.8) is 0 Å². The number of halogens is 1. The summed E-state index contributed by atoms with van der Waals surface area (Å²) in [5, 5.41) is 6.79. The Hall–Kier alpha value is -3.41. The zero-order valence-electron chi connectivity index (χ0n) is 18.1. The van der Waals surface area contributed by atoms with Gasteiger partial charge in [0.05, 0.1) is 36.7 Å². The molecule has 6 rings (SSSR count). The van der Waals surface area contributed by atoms with E-state index in [0.29, 0.717) is 61.2 Å². The van der Waals surface area contributed by atoms with E-state index in [1.807, 2.05) is 0 Å². The highest BCUT2D eigenvalue weighted by molar-refractivity contribution is 5.93. The number of pyridine rings is 1. The van der Waals surface area contributed by atoms with E-state index in [2.05, 4.69) is 20.6 Å². The fourth-order valence-corrected chi connectivity index (χ4v) is 4.74. The first kappa shape index (κ1) is 21.1. The smallest absolute Gasteiger partial charge is 0.263 e. The van der Waals surface area contributed by atoms with Crippen molar-refractivity contribution in [2.24, 2.45) is 0 Å². The molecule has 0 aliphatic carbocycles. The maximum Gasteiger partial charge on any atom is 0.263 e. The van der Waals surface area contributed by atoms with Crippen molar-refractivity contribution in [1.82, 2.24) is 19.9 Å². The molecular weight excluding hydrogens is 445 g/mol. The van der Waals surface area contributed by atoms with Gasteiger partial charge in [0.2, 0.25) is 0 Å². The quantitative estimate of drug-likeness (QED) is 0.577. The summed E-state index contributed by atoms with van der Waals surface area (Å²) in [4.78, 5) is 32.3. The van der Waals surface area contributed by atoms with Crippen LogP contribution in [0, 0.1) is 5.82 Å². The van der Waals surface area contributed by atoms with Crippen LogP contribution in [-0.4, -0.2) is 52.6 Å². The Labute approximate surface area is 193 Å². The second-order valence-corrected chi connectivity index (χ2v) is 8.64. The molecule has 2 aromatic heterocycles. The lowest BCUT2D eigenvalue weighted by Crippen LogP contribution is -2.44. The minimum Gasteiger partial charge on any atom is -0.465 e. The molecule has 1 amide bonds. The molecule has 0 spiro atoms. The number of carbonyl (C=O) groups is 1. The molecule has 2 N–H and O–H groups in total. The van der Waals surface area contributed by atoms with E-state index >= 15 is 0 Å². The van der Waals surface area contributed by atoms with Crippen LogP contribution >= 0.6 is 0 Å². The van der Waals surface area contributed by atoms with Gasteiger partial charge in [0.1, 0.15) is 5.82 Å². The Bertz CT molecular complexity index is 1340. The van der Waals surface area contributed by atoms with E-state index in [1.54, 1.807) is 22.9 Å². The van der Waals surface area contributed by atoms with E-state index in [-0.39, 0.29) is 35.9 Å². The average Bonchev–Trinajstić information content (AvgIpc) is 3.23. The highest BCUT2D eigenvalue weighted by atomic mass is 19.1. The summed E-state index contributed by atoms with van der Waals surface area (Å²) in [5.74, 6) is -0.156. The summed E-state index contributed by atoms with van der Waals surface area (Å²) >= 11 is 0. The van der Waals surface area contributed by atoms with Crippen LogP contribution in [0.25, 0.3) is 10.9 Å². The molecule has 0 bridgehead atoms. The number of nitrogens with one attached hydrogen (secondary N) is 2. The van der Waals surface area contributed by atoms with Crippen LogP contribution in [0.4, 0.5) is 10.2 Å². The lowest BCUT2D eigenvalue weighted by molar-refractivity contribution is -0.194. The van der Waals surface area contributed by atoms with Gasteiger partial charge in [-0.3, -0.25) is 9.59 Å². The van der Waals surface area contributed by atoms with Crippen molar-refractivity contribution in [1.29, 1.82) is 0 Å². The van der Waals surface area contributed by atoms with Crippen LogP contribution in [0.15, 0.2) is 35.3 Å². The first-order chi connectivity index (χ1) is 16.5. The van der Waals surface area contributed by atoms with Gasteiger partial charge in [-0.15, -0.1) is 0 Å². The maximum atomic E-state index is 14.7. The Morgan fingerprint density at radius 3 is 2.85 bits per heavy atom. The SMILES string of the molecule is O=C1COc2ncc(CNC3COC(CC4Cn5c(=O)ccc6ccc(F)c4c65)OC3)nc2N1. The molecule has 5 heterocycles. The van der Waals surface area contributed by atoms with Crippen LogP contribution in [0.3, 0.4) is 0 Å². The van der Waals surface area contributed by atoms with Crippen LogP contribution in [0.5, 0.6) is 5.88 Å². The minimum absolute atomic E-state index is 0.0662. The topological polar surface area (TPSA) is 117 Å². The highest BCUT2D eigenvalue weighted by Crippen LogP contribution is 2.38. The number of aromatic nitrogens is 3. The van der Waals surface area contributed by atoms with Crippen LogP contribution < -0.4 is 20.9 Å². The number of amides is 1. The zero-order valence-corrected chi connectivity index (χ0v) is 18.1. The van der Waals surface area contributed by atoms with Gasteiger partial charge in [0.15, 0.2) is 18.7 Å². The number of anilines is 1. The Morgan fingerprint density at radius 2 is 2.00 bits per heavy atom. The van der Waals surface area contributed by atoms with Gasteiger partial charge < -0.3 is 29.4 Å². The number of hydrogen-bond acceptors (Lipinski definition) is 8. The van der Waals surface area contributed by atoms with Gasteiger partial charge >= 0.3 is 0 Å². The van der Waals surface area contributed by atoms with E-state index in [1.165, 1.54) is 12.1 Å². The second-order valence-electron chi connectivity index (χ2n) is 8.64. The fraction of sp³-hybridized carbons (Fsp3) is 0.391. The minimum atomic E-state index is -0.487. The molecule has 10 nitrogen and oxygen atoms in total. The largest absolute Gasteiger partial charge is 0.465 e. The normalized spacial score (nSPS) is 23.4. The second kappa shape index (κ2) is 8.42. The molecule has 0 saturated carbocycles. The number of benzene rings is 1. The molecule has 1 aromatic carbocycles. The summed E-state index contributed by atoms with van der Waals surface area (Å²) in [7, 11) is 0. The Morgan fingerprint density at radius 1 is 1.18 bits per heavy atom. The van der Waals surface area contributed by atoms with Crippen LogP contribution in [-0.2, 0) is 27.4 Å². The third kappa shape index (κ3) is 3.81. The Kier molecular flexibility index (Phi) is 5.24. The molecule has 176 valence electrons. The summed E-state index contributed by atoms with van der Waals surface area (Å²) in [6.07, 6.45) is 1.56. The van der Waals surface area contributed by atoms with Crippen LogP contribution in [0.2, 0.25) is 0 Å². The molecule has 1 atom stereocenters. The molecule has 1 fully saturated rings. The molecule has 1 unspecified atom stereocenters. The number of carbonyl (C=O) groups excluding carboxylic acids is 1. The van der Waals surface area contributed by atoms with Crippen molar-refractivity contribution in [2.45, 2.75) is 37.8 Å². The first-order valence-corrected chi connectivity index (χ1v) is 11.1. The maximum absolute atomic E-state index is 14.7. The van der Waals surface area contributed by atoms with E-state index in [4.69, 9.17) is 14.2 Å². The molecule has 11 heteroatoms. The molecule has 3 aliphatic rings. The number of rotatable bonds is 5. The van der Waals surface area contributed by atoms with Crippen LogP contribution in [0.1, 0.15) is 23.6 Å². The predicted molar refractivity (Wildman–Crippen MR) is 118 cm³/mol. The van der Waals surface area contributed by atoms with Crippen molar-refractivity contribution < 1.29 is 23.4 Å². The van der Waals surface area contributed by atoms with Crippen molar-refractivity contribution in [3.8, 4) is 5.88 Å². The third-order valence-corrected chi connectivity index (χ3v) is 6.35. The molecule has 0 radical (unpaired) electrons. The number of hydrogen-bond donors (Lipinski definition) is 2. The summed E-state index contributed by atoms with van der Waals surface area (Å²) < 4.78 is 33.3. The lowest BCUT2D eigenvalue weighted by atomic mass is 9.95. The number of nitrogens with zero attached hydrogens (tertiary/aromatic N) is 3. The molecular formula is C23H22FN5O5. The van der Waals surface area contributed by atoms with Gasteiger partial charge in [-0.05, 0) is 23.6 Å². The average molecular weight is 467 g/mol. The number of fused-ring (bicyclic) bond motifs is 1. The van der Waals surface area contributed by atoms with E-state index in [0.717, 1.165) is 5.39 Å². The highest BCUT2D eigenvalue weighted by Gasteiger charge is 2.33. The standard InChI is InChI=1S/C23H22FN5O5/c24-16-3-1-12-2-4-18(31)29-8-13(20(16)21(12)29)5-19-32-9-15(10-33-19)25-6-14-7-26-23-22(27-14)28-17(30)11-34-23/h1-4,7,13,15,19,25H,5-6,8-11H2,(H,27,28,30). The zero-order chi connectivity index (χ0) is 23.2. The molecule has 1 saturated heterocycles. The fourth-order valence-electron chi connectivity index (χ4n) is 4.74. The van der Waals surface area contributed by atoms with E-state index in [9.17, 15) is 14.0 Å². The number of ether oxygens (including phenoxy) is 3. The predicted octanol–water partition coefficient (Wildman–Crippen LogP) is 1.28. The van der Waals surface area contributed by atoms with Crippen molar-refractivity contribution in [2.75, 3.05) is 25.1 Å². The van der Waals surface area contributed by atoms with Gasteiger partial charge in [0, 0.05) is 37.1 Å². The van der Waals surface area contributed by atoms with E-state index < -0.39 is 6.29 Å². The molecule has 3 aliphatic heterocycles. The van der Waals surface area contributed by atoms with Gasteiger partial charge in [-0.2, -0.15) is 0 Å². The Balaban J connectivity index is 1.06. The van der Waals surface area contributed by atoms with Gasteiger partial charge in [-0.25, -0.2) is 14.4 Å². The summed E-state index contributed by atoms with van der Waals surface area (Å²) in [6.45, 7) is 1.58. The third-order valence-electron chi connectivity index (χ3n) is 6.35. The lowest BCUT2D eigenvalue weighted by Gasteiger charge is -2.31. The monoisotopic (exact) mass is 467 g/mol. The molecule has 3 aromatic rings. The van der Waals surface area contributed by atoms with Crippen molar-refractivity contribution in [3.05, 3.63) is 57.9 Å². The molecule has 34 heavy (non-hydrogen) atoms. The van der Waals surface area contributed by atoms with Gasteiger partial charge in [-0.1, -0.05) is 0 Å². The first-order valence-electron chi connectivity index (χ1n) is 11.1. The summed E-state index contributed by atoms with van der Waals surface area (Å²) in [5.41, 5.74) is 1.74. The van der Waals surface area contributed by atoms with Crippen molar-refractivity contribution >= 4 is 22.6 Å².